The Morgan fingerprint density at radius 2 is 2.24 bits per heavy atom. The summed E-state index contributed by atoms with van der Waals surface area (Å²) >= 11 is 0. The summed E-state index contributed by atoms with van der Waals surface area (Å²) in [6, 6.07) is 2.68. The summed E-state index contributed by atoms with van der Waals surface area (Å²) in [5.74, 6) is -1.80. The van der Waals surface area contributed by atoms with Gasteiger partial charge in [-0.15, -0.1) is 0 Å². The molecule has 1 unspecified atom stereocenters. The van der Waals surface area contributed by atoms with E-state index in [0.29, 0.717) is 17.8 Å². The van der Waals surface area contributed by atoms with Gasteiger partial charge in [-0.25, -0.2) is 13.6 Å². The van der Waals surface area contributed by atoms with Gasteiger partial charge >= 0.3 is 5.97 Å². The second kappa shape index (κ2) is 6.34. The van der Waals surface area contributed by atoms with E-state index >= 15 is 0 Å². The van der Waals surface area contributed by atoms with Crippen molar-refractivity contribution in [2.45, 2.75) is 19.4 Å². The van der Waals surface area contributed by atoms with Gasteiger partial charge in [0.25, 0.3) is 0 Å². The van der Waals surface area contributed by atoms with Gasteiger partial charge in [-0.2, -0.15) is 5.10 Å². The van der Waals surface area contributed by atoms with E-state index in [1.54, 1.807) is 0 Å². The molecule has 0 amide bonds. The summed E-state index contributed by atoms with van der Waals surface area (Å²) in [4.78, 5) is 11.6. The van der Waals surface area contributed by atoms with E-state index in [0.717, 1.165) is 12.1 Å². The van der Waals surface area contributed by atoms with Gasteiger partial charge in [0.2, 0.25) is 0 Å². The van der Waals surface area contributed by atoms with Crippen molar-refractivity contribution in [1.82, 2.24) is 10.2 Å². The van der Waals surface area contributed by atoms with E-state index in [4.69, 9.17) is 0 Å². The standard InChI is InChI=1S/C14H15F2N3O2/c1-3-11(14(20)21-2)18-12-7-17-19-13(12)9-5-4-8(15)6-10(9)16/h4-7,11,18H,3H2,1-2H3,(H,17,19). The SMILES string of the molecule is CCC(Nc1cn[nH]c1-c1ccc(F)cc1F)C(=O)OC. The van der Waals surface area contributed by atoms with Gasteiger partial charge < -0.3 is 10.1 Å². The van der Waals surface area contributed by atoms with Crippen molar-refractivity contribution >= 4 is 11.7 Å². The topological polar surface area (TPSA) is 67.0 Å². The second-order valence-corrected chi connectivity index (χ2v) is 4.41. The average Bonchev–Trinajstić information content (AvgIpc) is 2.92. The minimum atomic E-state index is -0.714. The maximum atomic E-state index is 13.8. The Hall–Kier alpha value is -2.44. The number of hydrogen-bond acceptors (Lipinski definition) is 4. The lowest BCUT2D eigenvalue weighted by Gasteiger charge is -2.15. The first-order chi connectivity index (χ1) is 10.1. The molecule has 1 aromatic carbocycles. The number of anilines is 1. The van der Waals surface area contributed by atoms with Gasteiger partial charge in [0.15, 0.2) is 0 Å². The van der Waals surface area contributed by atoms with Crippen LogP contribution < -0.4 is 5.32 Å². The number of aromatic nitrogens is 2. The highest BCUT2D eigenvalue weighted by Gasteiger charge is 2.20. The Morgan fingerprint density at radius 3 is 2.86 bits per heavy atom. The summed E-state index contributed by atoms with van der Waals surface area (Å²) < 4.78 is 31.5. The van der Waals surface area contributed by atoms with Crippen LogP contribution in [0.2, 0.25) is 0 Å². The van der Waals surface area contributed by atoms with Crippen molar-refractivity contribution in [3.05, 3.63) is 36.0 Å². The normalized spacial score (nSPS) is 12.0. The van der Waals surface area contributed by atoms with E-state index in [1.165, 1.54) is 19.4 Å². The number of hydrogen-bond donors (Lipinski definition) is 2. The molecule has 0 aliphatic rings. The van der Waals surface area contributed by atoms with E-state index in [2.05, 4.69) is 20.3 Å². The molecular weight excluding hydrogens is 280 g/mol. The molecule has 0 bridgehead atoms. The molecule has 2 aromatic rings. The first kappa shape index (κ1) is 15.0. The lowest BCUT2D eigenvalue weighted by molar-refractivity contribution is -0.141. The van der Waals surface area contributed by atoms with Crippen LogP contribution in [-0.4, -0.2) is 29.3 Å². The van der Waals surface area contributed by atoms with Gasteiger partial charge in [0.05, 0.1) is 24.7 Å². The number of nitrogens with zero attached hydrogens (tertiary/aromatic N) is 1. The Bertz CT molecular complexity index is 643. The molecule has 0 radical (unpaired) electrons. The number of benzene rings is 1. The maximum Gasteiger partial charge on any atom is 0.328 e. The summed E-state index contributed by atoms with van der Waals surface area (Å²) in [5, 5.41) is 9.42. The lowest BCUT2D eigenvalue weighted by atomic mass is 10.1. The van der Waals surface area contributed by atoms with Crippen LogP contribution in [0, 0.1) is 11.6 Å². The molecule has 0 aliphatic carbocycles. The summed E-state index contributed by atoms with van der Waals surface area (Å²) in [5.41, 5.74) is 0.948. The highest BCUT2D eigenvalue weighted by molar-refractivity contribution is 5.82. The number of rotatable bonds is 5. The van der Waals surface area contributed by atoms with Gasteiger partial charge in [0.1, 0.15) is 17.7 Å². The van der Waals surface area contributed by atoms with E-state index in [-0.39, 0.29) is 5.56 Å². The zero-order valence-corrected chi connectivity index (χ0v) is 11.6. The summed E-state index contributed by atoms with van der Waals surface area (Å²) in [7, 11) is 1.29. The minimum absolute atomic E-state index is 0.163. The number of carbonyl (C=O) groups is 1. The molecule has 2 N–H and O–H groups in total. The molecule has 0 fully saturated rings. The highest BCUT2D eigenvalue weighted by Crippen LogP contribution is 2.28. The third-order valence-electron chi connectivity index (χ3n) is 3.06. The molecule has 5 nitrogen and oxygen atoms in total. The van der Waals surface area contributed by atoms with Crippen molar-refractivity contribution in [2.24, 2.45) is 0 Å². The quantitative estimate of drug-likeness (QED) is 0.832. The summed E-state index contributed by atoms with van der Waals surface area (Å²) in [6.07, 6.45) is 1.92. The molecule has 2 rings (SSSR count). The van der Waals surface area contributed by atoms with Gasteiger partial charge in [0, 0.05) is 11.6 Å². The second-order valence-electron chi connectivity index (χ2n) is 4.41. The first-order valence-corrected chi connectivity index (χ1v) is 6.40. The molecule has 21 heavy (non-hydrogen) atoms. The monoisotopic (exact) mass is 295 g/mol. The Morgan fingerprint density at radius 1 is 1.48 bits per heavy atom. The Balaban J connectivity index is 2.32. The van der Waals surface area contributed by atoms with Crippen LogP contribution in [0.25, 0.3) is 11.3 Å². The molecule has 7 heteroatoms. The first-order valence-electron chi connectivity index (χ1n) is 6.40. The van der Waals surface area contributed by atoms with Crippen molar-refractivity contribution in [3.8, 4) is 11.3 Å². The van der Waals surface area contributed by atoms with E-state index in [9.17, 15) is 13.6 Å². The number of H-pyrrole nitrogens is 1. The Labute approximate surface area is 120 Å². The number of aromatic amines is 1. The number of halogens is 2. The van der Waals surface area contributed by atoms with Gasteiger partial charge in [-0.1, -0.05) is 6.92 Å². The van der Waals surface area contributed by atoms with Crippen LogP contribution in [-0.2, 0) is 9.53 Å². The smallest absolute Gasteiger partial charge is 0.328 e. The fourth-order valence-electron chi connectivity index (χ4n) is 1.95. The van der Waals surface area contributed by atoms with Crippen LogP contribution in [0.1, 0.15) is 13.3 Å². The van der Waals surface area contributed by atoms with Gasteiger partial charge in [-0.05, 0) is 18.6 Å². The summed E-state index contributed by atoms with van der Waals surface area (Å²) in [6.45, 7) is 1.81. The maximum absolute atomic E-state index is 13.8. The third-order valence-corrected chi connectivity index (χ3v) is 3.06. The van der Waals surface area contributed by atoms with Crippen LogP contribution in [0.5, 0.6) is 0 Å². The average molecular weight is 295 g/mol. The Kier molecular flexibility index (Phi) is 4.52. The third kappa shape index (κ3) is 3.18. The van der Waals surface area contributed by atoms with E-state index < -0.39 is 23.6 Å². The van der Waals surface area contributed by atoms with Crippen LogP contribution in [0.3, 0.4) is 0 Å². The van der Waals surface area contributed by atoms with Crippen LogP contribution in [0.15, 0.2) is 24.4 Å². The van der Waals surface area contributed by atoms with Crippen molar-refractivity contribution in [1.29, 1.82) is 0 Å². The molecule has 0 aliphatic heterocycles. The molecule has 112 valence electrons. The lowest BCUT2D eigenvalue weighted by Crippen LogP contribution is -2.29. The van der Waals surface area contributed by atoms with Crippen molar-refractivity contribution < 1.29 is 18.3 Å². The fourth-order valence-corrected chi connectivity index (χ4v) is 1.95. The minimum Gasteiger partial charge on any atom is -0.467 e. The largest absolute Gasteiger partial charge is 0.467 e. The van der Waals surface area contributed by atoms with Crippen molar-refractivity contribution in [2.75, 3.05) is 12.4 Å². The number of nitrogens with one attached hydrogen (secondary N) is 2. The van der Waals surface area contributed by atoms with Crippen molar-refractivity contribution in [3.63, 3.8) is 0 Å². The molecule has 1 aromatic heterocycles. The molecule has 1 heterocycles. The fraction of sp³-hybridized carbons (Fsp3) is 0.286. The molecule has 0 saturated heterocycles. The van der Waals surface area contributed by atoms with Gasteiger partial charge in [-0.3, -0.25) is 5.10 Å². The zero-order valence-electron chi connectivity index (χ0n) is 11.6. The van der Waals surface area contributed by atoms with E-state index in [1.807, 2.05) is 6.92 Å². The molecular formula is C14H15F2N3O2. The number of carbonyl (C=O) groups excluding carboxylic acids is 1. The number of methoxy groups -OCH3 is 1. The predicted molar refractivity (Wildman–Crippen MR) is 73.7 cm³/mol. The molecule has 1 atom stereocenters. The number of ether oxygens (including phenoxy) is 1. The predicted octanol–water partition coefficient (Wildman–Crippen LogP) is 2.72. The number of esters is 1. The molecule has 0 saturated carbocycles. The highest BCUT2D eigenvalue weighted by atomic mass is 19.1. The molecule has 0 spiro atoms. The zero-order chi connectivity index (χ0) is 15.4. The van der Waals surface area contributed by atoms with Crippen LogP contribution >= 0.6 is 0 Å². The van der Waals surface area contributed by atoms with Crippen LogP contribution in [0.4, 0.5) is 14.5 Å².